The molecule has 0 radical (unpaired) electrons. The molecule has 9 nitrogen and oxygen atoms in total. The molecule has 2 heterocycles. The van der Waals surface area contributed by atoms with E-state index in [4.69, 9.17) is 4.74 Å². The maximum atomic E-state index is 14.7. The number of aryl methyl sites for hydroxylation is 1. The topological polar surface area (TPSA) is 94.3 Å². The summed E-state index contributed by atoms with van der Waals surface area (Å²) in [5.74, 6) is 0.203. The molecular formula is C37H38N6O3. The van der Waals surface area contributed by atoms with Crippen molar-refractivity contribution in [1.29, 1.82) is 0 Å². The van der Waals surface area contributed by atoms with E-state index < -0.39 is 6.04 Å². The van der Waals surface area contributed by atoms with Crippen LogP contribution in [0.1, 0.15) is 50.6 Å². The molecule has 7 rings (SSSR count). The van der Waals surface area contributed by atoms with Gasteiger partial charge in [0.05, 0.1) is 12.6 Å². The van der Waals surface area contributed by atoms with Crippen molar-refractivity contribution in [3.63, 3.8) is 0 Å². The fourth-order valence-electron chi connectivity index (χ4n) is 6.94. The largest absolute Gasteiger partial charge is 0.497 e. The van der Waals surface area contributed by atoms with Crippen LogP contribution in [0, 0.1) is 0 Å². The zero-order valence-electron chi connectivity index (χ0n) is 26.2. The first kappa shape index (κ1) is 29.5. The highest BCUT2D eigenvalue weighted by atomic mass is 16.5. The molecule has 46 heavy (non-hydrogen) atoms. The van der Waals surface area contributed by atoms with Gasteiger partial charge in [0.25, 0.3) is 0 Å². The fraction of sp³-hybridized carbons (Fsp3) is 0.297. The van der Waals surface area contributed by atoms with E-state index in [0.29, 0.717) is 22.5 Å². The number of fused-ring (bicyclic) bond motifs is 4. The number of anilines is 1. The maximum absolute atomic E-state index is 14.7. The van der Waals surface area contributed by atoms with Crippen LogP contribution in [0.2, 0.25) is 0 Å². The normalized spacial score (nSPS) is 14.5. The number of amides is 2. The van der Waals surface area contributed by atoms with Crippen molar-refractivity contribution in [3.05, 3.63) is 96.6 Å². The highest BCUT2D eigenvalue weighted by Gasteiger charge is 2.35. The molecule has 234 valence electrons. The van der Waals surface area contributed by atoms with Gasteiger partial charge in [-0.1, -0.05) is 66.9 Å². The molecule has 0 saturated heterocycles. The van der Waals surface area contributed by atoms with E-state index in [-0.39, 0.29) is 24.4 Å². The standard InChI is InChI=1S/C37H38N6O3/c1-3-41-32-15-9-7-13-29(32)30-23-27(19-22-33(30)41)43(35(44)24-42-34-16-10-8-14-31(34)39-40-42)36(25-17-20-28(46-2)21-18-25)37(45)38-26-11-5-4-6-12-26/h7-10,13-23,26,36H,3-6,11-12,24H2,1-2H3,(H,38,45). The van der Waals surface area contributed by atoms with Crippen LogP contribution in [-0.2, 0) is 22.7 Å². The summed E-state index contributed by atoms with van der Waals surface area (Å²) in [6, 6.07) is 28.5. The SMILES string of the molecule is CCn1c2ccccc2c2cc(N(C(=O)Cn3nnc4ccccc43)C(C(=O)NC3CCCCC3)c3ccc(OC)cc3)ccc21. The molecule has 2 aromatic heterocycles. The van der Waals surface area contributed by atoms with E-state index in [0.717, 1.165) is 59.6 Å². The predicted octanol–water partition coefficient (Wildman–Crippen LogP) is 6.79. The first-order chi connectivity index (χ1) is 22.6. The number of carbonyl (C=O) groups excluding carboxylic acids is 2. The van der Waals surface area contributed by atoms with E-state index in [9.17, 15) is 9.59 Å². The van der Waals surface area contributed by atoms with E-state index >= 15 is 0 Å². The summed E-state index contributed by atoms with van der Waals surface area (Å²) in [6.45, 7) is 2.86. The zero-order valence-corrected chi connectivity index (χ0v) is 26.2. The van der Waals surface area contributed by atoms with Crippen LogP contribution in [0.5, 0.6) is 5.75 Å². The summed E-state index contributed by atoms with van der Waals surface area (Å²) in [5, 5.41) is 14.0. The monoisotopic (exact) mass is 614 g/mol. The maximum Gasteiger partial charge on any atom is 0.249 e. The Kier molecular flexibility index (Phi) is 8.13. The zero-order chi connectivity index (χ0) is 31.6. The Morgan fingerprint density at radius 3 is 2.37 bits per heavy atom. The van der Waals surface area contributed by atoms with Crippen LogP contribution >= 0.6 is 0 Å². The molecule has 1 saturated carbocycles. The van der Waals surface area contributed by atoms with Gasteiger partial charge in [-0.05, 0) is 73.9 Å². The number of para-hydroxylation sites is 2. The number of aromatic nitrogens is 4. The number of methoxy groups -OCH3 is 1. The molecule has 1 unspecified atom stereocenters. The first-order valence-electron chi connectivity index (χ1n) is 16.1. The number of carbonyl (C=O) groups is 2. The van der Waals surface area contributed by atoms with Crippen LogP contribution in [0.4, 0.5) is 5.69 Å². The molecule has 1 atom stereocenters. The smallest absolute Gasteiger partial charge is 0.249 e. The van der Waals surface area contributed by atoms with E-state index in [1.807, 2.05) is 72.8 Å². The summed E-state index contributed by atoms with van der Waals surface area (Å²) in [4.78, 5) is 30.8. The number of hydrogen-bond acceptors (Lipinski definition) is 5. The minimum absolute atomic E-state index is 0.0724. The molecule has 0 aliphatic heterocycles. The molecule has 9 heteroatoms. The Morgan fingerprint density at radius 1 is 0.891 bits per heavy atom. The number of ether oxygens (including phenoxy) is 1. The predicted molar refractivity (Wildman–Crippen MR) is 181 cm³/mol. The Morgan fingerprint density at radius 2 is 1.61 bits per heavy atom. The molecule has 6 aromatic rings. The number of rotatable bonds is 9. The van der Waals surface area contributed by atoms with Crippen molar-refractivity contribution in [2.24, 2.45) is 0 Å². The average molecular weight is 615 g/mol. The van der Waals surface area contributed by atoms with Crippen molar-refractivity contribution < 1.29 is 14.3 Å². The van der Waals surface area contributed by atoms with Gasteiger partial charge in [-0.3, -0.25) is 14.5 Å². The van der Waals surface area contributed by atoms with E-state index in [1.54, 1.807) is 16.7 Å². The van der Waals surface area contributed by atoms with Gasteiger partial charge in [0.15, 0.2) is 0 Å². The summed E-state index contributed by atoms with van der Waals surface area (Å²) < 4.78 is 9.32. The second-order valence-electron chi connectivity index (χ2n) is 12.0. The van der Waals surface area contributed by atoms with Gasteiger partial charge in [0.1, 0.15) is 23.9 Å². The minimum Gasteiger partial charge on any atom is -0.497 e. The second kappa shape index (κ2) is 12.7. The van der Waals surface area contributed by atoms with E-state index in [1.165, 1.54) is 6.42 Å². The first-order valence-corrected chi connectivity index (χ1v) is 16.1. The molecular weight excluding hydrogens is 576 g/mol. The molecule has 1 aliphatic rings. The third kappa shape index (κ3) is 5.46. The summed E-state index contributed by atoms with van der Waals surface area (Å²) in [5.41, 5.74) is 5.01. The molecule has 1 fully saturated rings. The Labute approximate surface area is 267 Å². The number of nitrogens with zero attached hydrogens (tertiary/aromatic N) is 5. The highest BCUT2D eigenvalue weighted by Crippen LogP contribution is 2.36. The van der Waals surface area contributed by atoms with Crippen molar-refractivity contribution in [1.82, 2.24) is 24.9 Å². The fourth-order valence-corrected chi connectivity index (χ4v) is 6.94. The molecule has 0 bridgehead atoms. The lowest BCUT2D eigenvalue weighted by Gasteiger charge is -2.33. The van der Waals surface area contributed by atoms with Gasteiger partial charge in [-0.25, -0.2) is 4.68 Å². The molecule has 1 N–H and O–H groups in total. The number of benzene rings is 4. The van der Waals surface area contributed by atoms with Crippen molar-refractivity contribution in [3.8, 4) is 5.75 Å². The molecule has 2 amide bonds. The Hall–Kier alpha value is -5.18. The quantitative estimate of drug-likeness (QED) is 0.194. The Balaban J connectivity index is 1.38. The van der Waals surface area contributed by atoms with Crippen molar-refractivity contribution in [2.75, 3.05) is 12.0 Å². The molecule has 0 spiro atoms. The van der Waals surface area contributed by atoms with Crippen LogP contribution in [0.3, 0.4) is 0 Å². The van der Waals surface area contributed by atoms with Gasteiger partial charge < -0.3 is 14.6 Å². The highest BCUT2D eigenvalue weighted by molar-refractivity contribution is 6.11. The lowest BCUT2D eigenvalue weighted by molar-refractivity contribution is -0.127. The van der Waals surface area contributed by atoms with Crippen LogP contribution in [-0.4, -0.2) is 44.5 Å². The lowest BCUT2D eigenvalue weighted by Crippen LogP contribution is -2.48. The number of nitrogens with one attached hydrogen (secondary N) is 1. The van der Waals surface area contributed by atoms with Crippen LogP contribution in [0.25, 0.3) is 32.8 Å². The molecule has 4 aromatic carbocycles. The van der Waals surface area contributed by atoms with Crippen molar-refractivity contribution >= 4 is 50.3 Å². The second-order valence-corrected chi connectivity index (χ2v) is 12.0. The van der Waals surface area contributed by atoms with Gasteiger partial charge in [0, 0.05) is 40.1 Å². The summed E-state index contributed by atoms with van der Waals surface area (Å²) in [6.07, 6.45) is 5.21. The van der Waals surface area contributed by atoms with E-state index in [2.05, 4.69) is 45.3 Å². The van der Waals surface area contributed by atoms with Crippen LogP contribution in [0.15, 0.2) is 91.0 Å². The summed E-state index contributed by atoms with van der Waals surface area (Å²) >= 11 is 0. The van der Waals surface area contributed by atoms with Crippen molar-refractivity contribution in [2.45, 2.75) is 64.2 Å². The number of hydrogen-bond donors (Lipinski definition) is 1. The third-order valence-electron chi connectivity index (χ3n) is 9.21. The van der Waals surface area contributed by atoms with Gasteiger partial charge in [-0.15, -0.1) is 5.10 Å². The minimum atomic E-state index is -0.924. The molecule has 1 aliphatic carbocycles. The summed E-state index contributed by atoms with van der Waals surface area (Å²) in [7, 11) is 1.61. The van der Waals surface area contributed by atoms with Gasteiger partial charge >= 0.3 is 0 Å². The Bertz CT molecular complexity index is 2020. The lowest BCUT2D eigenvalue weighted by atomic mass is 9.94. The average Bonchev–Trinajstić information content (AvgIpc) is 3.65. The third-order valence-corrected chi connectivity index (χ3v) is 9.21. The van der Waals surface area contributed by atoms with Crippen LogP contribution < -0.4 is 15.0 Å². The van der Waals surface area contributed by atoms with Gasteiger partial charge in [-0.2, -0.15) is 0 Å². The van der Waals surface area contributed by atoms with Gasteiger partial charge in [0.2, 0.25) is 11.8 Å².